The van der Waals surface area contributed by atoms with Gasteiger partial charge in [0.1, 0.15) is 0 Å². The normalized spacial score (nSPS) is 15.8. The van der Waals surface area contributed by atoms with Gasteiger partial charge in [0.15, 0.2) is 11.5 Å². The van der Waals surface area contributed by atoms with Crippen molar-refractivity contribution in [2.45, 2.75) is 23.1 Å². The Balaban J connectivity index is 1.67. The Bertz CT molecular complexity index is 972. The molecule has 0 spiro atoms. The van der Waals surface area contributed by atoms with Gasteiger partial charge in [0.05, 0.1) is 39.3 Å². The van der Waals surface area contributed by atoms with Gasteiger partial charge < -0.3 is 19.1 Å². The van der Waals surface area contributed by atoms with Gasteiger partial charge in [-0.2, -0.15) is 0 Å². The van der Waals surface area contributed by atoms with Crippen molar-refractivity contribution in [3.63, 3.8) is 0 Å². The van der Waals surface area contributed by atoms with E-state index in [4.69, 9.17) is 14.2 Å². The fraction of sp³-hybridized carbons (Fsp3) is 0.292. The van der Waals surface area contributed by atoms with Crippen molar-refractivity contribution in [2.75, 3.05) is 32.8 Å². The molecule has 1 aliphatic heterocycles. The molecule has 6 heteroatoms. The van der Waals surface area contributed by atoms with Crippen LogP contribution in [0, 0.1) is 0 Å². The molecule has 0 amide bonds. The first-order chi connectivity index (χ1) is 14.7. The third-order valence-electron chi connectivity index (χ3n) is 5.27. The van der Waals surface area contributed by atoms with E-state index in [1.165, 1.54) is 16.1 Å². The summed E-state index contributed by atoms with van der Waals surface area (Å²) < 4.78 is 16.6. The van der Waals surface area contributed by atoms with E-state index in [9.17, 15) is 0 Å². The van der Waals surface area contributed by atoms with E-state index in [0.717, 1.165) is 25.2 Å². The molecule has 30 heavy (non-hydrogen) atoms. The summed E-state index contributed by atoms with van der Waals surface area (Å²) in [5.74, 6) is 2.00. The van der Waals surface area contributed by atoms with Gasteiger partial charge in [0.2, 0.25) is 5.75 Å². The van der Waals surface area contributed by atoms with Crippen molar-refractivity contribution in [1.29, 1.82) is 0 Å². The lowest BCUT2D eigenvalue weighted by Crippen LogP contribution is -2.24. The van der Waals surface area contributed by atoms with Gasteiger partial charge in [0, 0.05) is 22.9 Å². The number of pyridine rings is 1. The highest BCUT2D eigenvalue weighted by molar-refractivity contribution is 7.99. The van der Waals surface area contributed by atoms with Crippen LogP contribution < -0.4 is 19.1 Å². The van der Waals surface area contributed by atoms with Gasteiger partial charge in [-0.25, -0.2) is 0 Å². The maximum Gasteiger partial charge on any atom is 0.203 e. The van der Waals surface area contributed by atoms with E-state index in [1.54, 1.807) is 21.3 Å². The van der Waals surface area contributed by atoms with Crippen molar-refractivity contribution >= 4 is 17.4 Å². The highest BCUT2D eigenvalue weighted by Gasteiger charge is 2.25. The molecule has 0 aliphatic carbocycles. The zero-order valence-corrected chi connectivity index (χ0v) is 18.3. The van der Waals surface area contributed by atoms with Gasteiger partial charge in [-0.1, -0.05) is 18.2 Å². The van der Waals surface area contributed by atoms with Gasteiger partial charge in [0.25, 0.3) is 0 Å². The minimum absolute atomic E-state index is 0.272. The molecule has 2 heterocycles. The van der Waals surface area contributed by atoms with Crippen LogP contribution in [0.2, 0.25) is 0 Å². The summed E-state index contributed by atoms with van der Waals surface area (Å²) in [7, 11) is 4.95. The molecule has 3 aromatic rings. The van der Waals surface area contributed by atoms with E-state index in [2.05, 4.69) is 52.3 Å². The fourth-order valence-electron chi connectivity index (χ4n) is 3.80. The summed E-state index contributed by atoms with van der Waals surface area (Å²) in [6.07, 6.45) is 2.84. The van der Waals surface area contributed by atoms with Crippen LogP contribution in [0.4, 0.5) is 5.69 Å². The van der Waals surface area contributed by atoms with Gasteiger partial charge in [-0.3, -0.25) is 4.98 Å². The second-order valence-electron chi connectivity index (χ2n) is 7.06. The van der Waals surface area contributed by atoms with Crippen molar-refractivity contribution in [3.05, 3.63) is 72.1 Å². The Hall–Kier alpha value is -2.86. The Morgan fingerprint density at radius 3 is 2.37 bits per heavy atom. The minimum Gasteiger partial charge on any atom is -0.493 e. The van der Waals surface area contributed by atoms with E-state index in [-0.39, 0.29) is 5.25 Å². The highest BCUT2D eigenvalue weighted by Crippen LogP contribution is 2.48. The van der Waals surface area contributed by atoms with Crippen molar-refractivity contribution in [3.8, 4) is 17.2 Å². The van der Waals surface area contributed by atoms with E-state index >= 15 is 0 Å². The largest absolute Gasteiger partial charge is 0.493 e. The SMILES string of the molecule is COc1cc(C2CCN(Cc3ccccn3)c3ccccc3S2)cc(OC)c1OC. The van der Waals surface area contributed by atoms with Gasteiger partial charge >= 0.3 is 0 Å². The lowest BCUT2D eigenvalue weighted by atomic mass is 10.1. The number of hydrogen-bond donors (Lipinski definition) is 0. The maximum absolute atomic E-state index is 5.58. The van der Waals surface area contributed by atoms with Crippen molar-refractivity contribution in [1.82, 2.24) is 4.98 Å². The van der Waals surface area contributed by atoms with Crippen LogP contribution in [0.1, 0.15) is 22.9 Å². The van der Waals surface area contributed by atoms with Crippen molar-refractivity contribution in [2.24, 2.45) is 0 Å². The monoisotopic (exact) mass is 422 g/mol. The number of benzene rings is 2. The van der Waals surface area contributed by atoms with Crippen LogP contribution in [0.3, 0.4) is 0 Å². The molecule has 2 aromatic carbocycles. The fourth-order valence-corrected chi connectivity index (χ4v) is 5.07. The predicted molar refractivity (Wildman–Crippen MR) is 121 cm³/mol. The average Bonchev–Trinajstić information content (AvgIpc) is 2.98. The molecule has 5 nitrogen and oxygen atoms in total. The number of hydrogen-bond acceptors (Lipinski definition) is 6. The zero-order valence-electron chi connectivity index (χ0n) is 17.5. The molecule has 1 aromatic heterocycles. The highest BCUT2D eigenvalue weighted by atomic mass is 32.2. The van der Waals surface area contributed by atoms with Crippen LogP contribution in [0.25, 0.3) is 0 Å². The third-order valence-corrected chi connectivity index (χ3v) is 6.67. The summed E-state index contributed by atoms with van der Waals surface area (Å²) in [6, 6.07) is 18.8. The Morgan fingerprint density at radius 2 is 1.70 bits per heavy atom. The molecular weight excluding hydrogens is 396 g/mol. The third kappa shape index (κ3) is 4.19. The first-order valence-electron chi connectivity index (χ1n) is 9.94. The molecule has 0 saturated heterocycles. The molecule has 1 atom stereocenters. The maximum atomic E-state index is 5.58. The van der Waals surface area contributed by atoms with Crippen molar-refractivity contribution < 1.29 is 14.2 Å². The summed E-state index contributed by atoms with van der Waals surface area (Å²) in [6.45, 7) is 1.72. The molecule has 0 fully saturated rings. The number of anilines is 1. The molecule has 1 unspecified atom stereocenters. The Morgan fingerprint density at radius 1 is 0.967 bits per heavy atom. The summed E-state index contributed by atoms with van der Waals surface area (Å²) >= 11 is 1.88. The van der Waals surface area contributed by atoms with Crippen LogP contribution in [0.5, 0.6) is 17.2 Å². The molecule has 1 aliphatic rings. The lowest BCUT2D eigenvalue weighted by Gasteiger charge is -2.24. The first kappa shape index (κ1) is 20.4. The van der Waals surface area contributed by atoms with E-state index < -0.39 is 0 Å². The molecule has 0 saturated carbocycles. The van der Waals surface area contributed by atoms with Crippen LogP contribution in [-0.2, 0) is 6.54 Å². The van der Waals surface area contributed by atoms with Crippen LogP contribution in [-0.4, -0.2) is 32.9 Å². The standard InChI is InChI=1S/C24H26N2O3S/c1-27-20-14-17(15-21(28-2)24(20)29-3)22-11-13-26(16-18-8-6-7-12-25-18)19-9-4-5-10-23(19)30-22/h4-10,12,14-15,22H,11,13,16H2,1-3H3. The molecule has 4 rings (SSSR count). The second-order valence-corrected chi connectivity index (χ2v) is 8.31. The summed E-state index contributed by atoms with van der Waals surface area (Å²) in [5, 5.41) is 0.272. The number of aromatic nitrogens is 1. The lowest BCUT2D eigenvalue weighted by molar-refractivity contribution is 0.323. The molecular formula is C24H26N2O3S. The van der Waals surface area contributed by atoms with Gasteiger partial charge in [-0.15, -0.1) is 11.8 Å². The van der Waals surface area contributed by atoms with E-state index in [1.807, 2.05) is 30.1 Å². The number of para-hydroxylation sites is 1. The zero-order chi connectivity index (χ0) is 20.9. The first-order valence-corrected chi connectivity index (χ1v) is 10.8. The number of fused-ring (bicyclic) bond motifs is 1. The summed E-state index contributed by atoms with van der Waals surface area (Å²) in [4.78, 5) is 8.21. The number of nitrogens with zero attached hydrogens (tertiary/aromatic N) is 2. The number of rotatable bonds is 6. The molecule has 0 radical (unpaired) electrons. The van der Waals surface area contributed by atoms with E-state index in [0.29, 0.717) is 17.2 Å². The summed E-state index contributed by atoms with van der Waals surface area (Å²) in [5.41, 5.74) is 3.50. The van der Waals surface area contributed by atoms with Crippen LogP contribution >= 0.6 is 11.8 Å². The van der Waals surface area contributed by atoms with Gasteiger partial charge in [-0.05, 0) is 48.4 Å². The number of ether oxygens (including phenoxy) is 3. The number of methoxy groups -OCH3 is 3. The average molecular weight is 423 g/mol. The minimum atomic E-state index is 0.272. The molecule has 0 bridgehead atoms. The molecule has 156 valence electrons. The Kier molecular flexibility index (Phi) is 6.33. The Labute approximate surface area is 182 Å². The molecule has 0 N–H and O–H groups in total. The topological polar surface area (TPSA) is 43.8 Å². The second kappa shape index (κ2) is 9.30. The smallest absolute Gasteiger partial charge is 0.203 e. The van der Waals surface area contributed by atoms with Crippen LogP contribution in [0.15, 0.2) is 65.7 Å². The predicted octanol–water partition coefficient (Wildman–Crippen LogP) is 5.35. The quantitative estimate of drug-likeness (QED) is 0.533. The number of thioether (sulfide) groups is 1.